The van der Waals surface area contributed by atoms with Crippen molar-refractivity contribution < 1.29 is 0 Å². The molecule has 1 rings (SSSR count). The molecule has 0 spiro atoms. The van der Waals surface area contributed by atoms with Gasteiger partial charge in [0.05, 0.1) is 6.07 Å². The van der Waals surface area contributed by atoms with Crippen LogP contribution < -0.4 is 5.32 Å². The van der Waals surface area contributed by atoms with Crippen molar-refractivity contribution in [1.29, 1.82) is 5.26 Å². The van der Waals surface area contributed by atoms with Crippen LogP contribution in [-0.4, -0.2) is 11.6 Å². The molecule has 1 N–H and O–H groups in total. The van der Waals surface area contributed by atoms with Gasteiger partial charge in [0.2, 0.25) is 0 Å². The zero-order valence-electron chi connectivity index (χ0n) is 10.5. The fourth-order valence-corrected chi connectivity index (χ4v) is 2.70. The highest BCUT2D eigenvalue weighted by Crippen LogP contribution is 2.36. The summed E-state index contributed by atoms with van der Waals surface area (Å²) in [7, 11) is 0. The lowest BCUT2D eigenvalue weighted by molar-refractivity contribution is 0.181. The van der Waals surface area contributed by atoms with E-state index in [1.54, 1.807) is 0 Å². The quantitative estimate of drug-likeness (QED) is 0.773. The Balaban J connectivity index is 2.69. The molecule has 2 nitrogen and oxygen atoms in total. The molecule has 2 heteroatoms. The number of nitriles is 1. The molecule has 2 unspecified atom stereocenters. The summed E-state index contributed by atoms with van der Waals surface area (Å²) in [4.78, 5) is 0. The Labute approximate surface area is 94.1 Å². The van der Waals surface area contributed by atoms with Gasteiger partial charge in [-0.15, -0.1) is 0 Å². The third-order valence-electron chi connectivity index (χ3n) is 3.51. The van der Waals surface area contributed by atoms with Gasteiger partial charge in [0, 0.05) is 6.04 Å². The van der Waals surface area contributed by atoms with Crippen molar-refractivity contribution >= 4 is 0 Å². The second kappa shape index (κ2) is 4.99. The summed E-state index contributed by atoms with van der Waals surface area (Å²) in [5.41, 5.74) is -0.249. The second-order valence-corrected chi connectivity index (χ2v) is 5.59. The van der Waals surface area contributed by atoms with Gasteiger partial charge in [0.25, 0.3) is 0 Å². The van der Waals surface area contributed by atoms with Gasteiger partial charge >= 0.3 is 0 Å². The van der Waals surface area contributed by atoms with Crippen LogP contribution >= 0.6 is 0 Å². The molecule has 1 aliphatic carbocycles. The van der Waals surface area contributed by atoms with Crippen molar-refractivity contribution in [2.45, 2.75) is 65.0 Å². The molecule has 0 aromatic carbocycles. The van der Waals surface area contributed by atoms with Crippen LogP contribution in [0.15, 0.2) is 0 Å². The van der Waals surface area contributed by atoms with Gasteiger partial charge in [-0.2, -0.15) is 5.26 Å². The molecule has 0 aliphatic heterocycles. The van der Waals surface area contributed by atoms with Crippen molar-refractivity contribution in [3.8, 4) is 6.07 Å². The Morgan fingerprint density at radius 1 is 1.33 bits per heavy atom. The fraction of sp³-hybridized carbons (Fsp3) is 0.923. The fourth-order valence-electron chi connectivity index (χ4n) is 2.70. The van der Waals surface area contributed by atoms with Crippen LogP contribution in [0.4, 0.5) is 0 Å². The minimum Gasteiger partial charge on any atom is -0.297 e. The highest BCUT2D eigenvalue weighted by Gasteiger charge is 2.37. The molecule has 86 valence electrons. The van der Waals surface area contributed by atoms with Crippen LogP contribution in [0.5, 0.6) is 0 Å². The predicted molar refractivity (Wildman–Crippen MR) is 63.4 cm³/mol. The lowest BCUT2D eigenvalue weighted by Crippen LogP contribution is -2.51. The summed E-state index contributed by atoms with van der Waals surface area (Å²) in [6.07, 6.45) is 4.53. The zero-order chi connectivity index (χ0) is 11.5. The Hall–Kier alpha value is -0.550. The molecule has 0 aromatic rings. The SMILES string of the molecule is CC(C)NC1(C#N)CCCC(C(C)C)C1. The van der Waals surface area contributed by atoms with E-state index in [4.69, 9.17) is 0 Å². The van der Waals surface area contributed by atoms with E-state index in [1.165, 1.54) is 12.8 Å². The molecule has 15 heavy (non-hydrogen) atoms. The molecule has 0 aromatic heterocycles. The third kappa shape index (κ3) is 3.21. The van der Waals surface area contributed by atoms with Crippen LogP contribution in [0.3, 0.4) is 0 Å². The second-order valence-electron chi connectivity index (χ2n) is 5.59. The third-order valence-corrected chi connectivity index (χ3v) is 3.51. The van der Waals surface area contributed by atoms with E-state index >= 15 is 0 Å². The molecule has 1 aliphatic rings. The highest BCUT2D eigenvalue weighted by molar-refractivity contribution is 5.10. The maximum Gasteiger partial charge on any atom is 0.107 e. The summed E-state index contributed by atoms with van der Waals surface area (Å²) in [5.74, 6) is 1.41. The maximum absolute atomic E-state index is 9.38. The Bertz CT molecular complexity index is 239. The molecule has 0 radical (unpaired) electrons. The molecule has 0 bridgehead atoms. The first-order chi connectivity index (χ1) is 6.99. The topological polar surface area (TPSA) is 35.8 Å². The Kier molecular flexibility index (Phi) is 4.16. The molecule has 1 fully saturated rings. The Morgan fingerprint density at radius 2 is 2.00 bits per heavy atom. The smallest absolute Gasteiger partial charge is 0.107 e. The normalized spacial score (nSPS) is 31.9. The highest BCUT2D eigenvalue weighted by atomic mass is 15.0. The van der Waals surface area contributed by atoms with Gasteiger partial charge in [-0.1, -0.05) is 20.3 Å². The lowest BCUT2D eigenvalue weighted by atomic mass is 9.72. The average Bonchev–Trinajstić information content (AvgIpc) is 2.17. The number of hydrogen-bond donors (Lipinski definition) is 1. The van der Waals surface area contributed by atoms with Crippen molar-refractivity contribution in [3.63, 3.8) is 0 Å². The first kappa shape index (κ1) is 12.5. The lowest BCUT2D eigenvalue weighted by Gasteiger charge is -2.39. The summed E-state index contributed by atoms with van der Waals surface area (Å²) in [5, 5.41) is 12.8. The van der Waals surface area contributed by atoms with E-state index in [2.05, 4.69) is 39.1 Å². The van der Waals surface area contributed by atoms with Crippen molar-refractivity contribution in [2.75, 3.05) is 0 Å². The van der Waals surface area contributed by atoms with E-state index in [1.807, 2.05) is 0 Å². The van der Waals surface area contributed by atoms with Crippen molar-refractivity contribution in [1.82, 2.24) is 5.32 Å². The van der Waals surface area contributed by atoms with Crippen LogP contribution in [-0.2, 0) is 0 Å². The zero-order valence-corrected chi connectivity index (χ0v) is 10.5. The van der Waals surface area contributed by atoms with Gasteiger partial charge in [-0.3, -0.25) is 5.32 Å². The predicted octanol–water partition coefficient (Wildman–Crippen LogP) is 3.09. The van der Waals surface area contributed by atoms with Crippen LogP contribution in [0.25, 0.3) is 0 Å². The first-order valence-electron chi connectivity index (χ1n) is 6.18. The van der Waals surface area contributed by atoms with Gasteiger partial charge in [-0.25, -0.2) is 0 Å². The minimum absolute atomic E-state index is 0.249. The van der Waals surface area contributed by atoms with Crippen molar-refractivity contribution in [2.24, 2.45) is 11.8 Å². The summed E-state index contributed by atoms with van der Waals surface area (Å²) in [6.45, 7) is 8.79. The standard InChI is InChI=1S/C13H24N2/c1-10(2)12-6-5-7-13(8-12,9-14)15-11(3)4/h10-12,15H,5-8H2,1-4H3. The summed E-state index contributed by atoms with van der Waals surface area (Å²) in [6, 6.07) is 2.92. The molecule has 0 amide bonds. The van der Waals surface area contributed by atoms with E-state index < -0.39 is 0 Å². The van der Waals surface area contributed by atoms with E-state index in [-0.39, 0.29) is 5.54 Å². The molecular formula is C13H24N2. The van der Waals surface area contributed by atoms with E-state index in [0.717, 1.165) is 12.8 Å². The van der Waals surface area contributed by atoms with Gasteiger partial charge in [0.1, 0.15) is 5.54 Å². The number of rotatable bonds is 3. The van der Waals surface area contributed by atoms with Gasteiger partial charge in [0.15, 0.2) is 0 Å². The molecule has 2 atom stereocenters. The van der Waals surface area contributed by atoms with E-state index in [9.17, 15) is 5.26 Å². The number of hydrogen-bond acceptors (Lipinski definition) is 2. The molecule has 0 heterocycles. The Morgan fingerprint density at radius 3 is 2.47 bits per heavy atom. The van der Waals surface area contributed by atoms with Crippen LogP contribution in [0, 0.1) is 23.2 Å². The maximum atomic E-state index is 9.38. The average molecular weight is 208 g/mol. The first-order valence-corrected chi connectivity index (χ1v) is 6.18. The number of nitrogens with zero attached hydrogens (tertiary/aromatic N) is 1. The molecular weight excluding hydrogens is 184 g/mol. The number of nitrogens with one attached hydrogen (secondary N) is 1. The van der Waals surface area contributed by atoms with Gasteiger partial charge < -0.3 is 0 Å². The van der Waals surface area contributed by atoms with Crippen LogP contribution in [0.2, 0.25) is 0 Å². The van der Waals surface area contributed by atoms with E-state index in [0.29, 0.717) is 17.9 Å². The summed E-state index contributed by atoms with van der Waals surface area (Å²) >= 11 is 0. The summed E-state index contributed by atoms with van der Waals surface area (Å²) < 4.78 is 0. The van der Waals surface area contributed by atoms with Crippen molar-refractivity contribution in [3.05, 3.63) is 0 Å². The monoisotopic (exact) mass is 208 g/mol. The largest absolute Gasteiger partial charge is 0.297 e. The molecule has 0 saturated heterocycles. The molecule has 1 saturated carbocycles. The minimum atomic E-state index is -0.249. The van der Waals surface area contributed by atoms with Crippen LogP contribution in [0.1, 0.15) is 53.4 Å². The van der Waals surface area contributed by atoms with Gasteiger partial charge in [-0.05, 0) is 44.9 Å².